The molecule has 1 heterocycles. The first-order valence-corrected chi connectivity index (χ1v) is 6.55. The van der Waals surface area contributed by atoms with Gasteiger partial charge in [-0.3, -0.25) is 4.79 Å². The lowest BCUT2D eigenvalue weighted by Gasteiger charge is -2.38. The van der Waals surface area contributed by atoms with Crippen molar-refractivity contribution in [2.24, 2.45) is 5.92 Å². The summed E-state index contributed by atoms with van der Waals surface area (Å²) in [7, 11) is 0. The average Bonchev–Trinajstić information content (AvgIpc) is 2.19. The Morgan fingerprint density at radius 1 is 1.60 bits per heavy atom. The zero-order valence-corrected chi connectivity index (χ0v) is 11.0. The number of amides is 1. The topological polar surface area (TPSA) is 40.5 Å². The molecule has 0 aromatic carbocycles. The number of carbonyl (C=O) groups is 1. The molecule has 1 aliphatic heterocycles. The van der Waals surface area contributed by atoms with E-state index in [0.717, 1.165) is 19.4 Å². The number of hydrogen-bond acceptors (Lipinski definition) is 2. The maximum Gasteiger partial charge on any atom is 0.236 e. The van der Waals surface area contributed by atoms with Crippen LogP contribution in [0.1, 0.15) is 33.1 Å². The second-order valence-corrected chi connectivity index (χ2v) is 5.57. The Balaban J connectivity index is 2.68. The zero-order chi connectivity index (χ0) is 11.4. The molecule has 1 N–H and O–H groups in total. The molecule has 3 nitrogen and oxygen atoms in total. The van der Waals surface area contributed by atoms with Gasteiger partial charge in [-0.05, 0) is 25.2 Å². The molecule has 1 amide bonds. The van der Waals surface area contributed by atoms with Gasteiger partial charge in [-0.25, -0.2) is 0 Å². The molecule has 4 heteroatoms. The number of aliphatic hydroxyl groups excluding tert-OH is 1. The molecule has 0 spiro atoms. The van der Waals surface area contributed by atoms with Gasteiger partial charge in [-0.15, -0.1) is 0 Å². The summed E-state index contributed by atoms with van der Waals surface area (Å²) in [4.78, 5) is 13.9. The van der Waals surface area contributed by atoms with Gasteiger partial charge in [0.25, 0.3) is 0 Å². The Bertz CT molecular complexity index is 221. The second-order valence-electron chi connectivity index (χ2n) is 4.47. The van der Waals surface area contributed by atoms with E-state index >= 15 is 0 Å². The molecule has 0 aromatic heterocycles. The van der Waals surface area contributed by atoms with E-state index in [1.807, 2.05) is 4.90 Å². The summed E-state index contributed by atoms with van der Waals surface area (Å²) >= 11 is 3.41. The van der Waals surface area contributed by atoms with Crippen LogP contribution in [0.15, 0.2) is 0 Å². The third-order valence-corrected chi connectivity index (χ3v) is 3.85. The Morgan fingerprint density at radius 3 is 2.80 bits per heavy atom. The van der Waals surface area contributed by atoms with E-state index in [2.05, 4.69) is 29.8 Å². The lowest BCUT2D eigenvalue weighted by atomic mass is 9.96. The van der Waals surface area contributed by atoms with Crippen LogP contribution < -0.4 is 0 Å². The number of carbonyl (C=O) groups excluding carboxylic acids is 1. The van der Waals surface area contributed by atoms with Gasteiger partial charge in [0.2, 0.25) is 5.91 Å². The molecule has 0 saturated carbocycles. The van der Waals surface area contributed by atoms with Crippen molar-refractivity contribution in [3.8, 4) is 0 Å². The smallest absolute Gasteiger partial charge is 0.236 e. The van der Waals surface area contributed by atoms with Gasteiger partial charge < -0.3 is 10.0 Å². The number of piperidine rings is 1. The summed E-state index contributed by atoms with van der Waals surface area (Å²) < 4.78 is 0. The molecule has 0 aromatic rings. The predicted molar refractivity (Wildman–Crippen MR) is 64.0 cm³/mol. The Morgan fingerprint density at radius 2 is 2.27 bits per heavy atom. The minimum absolute atomic E-state index is 0.0220. The van der Waals surface area contributed by atoms with Gasteiger partial charge in [0.15, 0.2) is 0 Å². The summed E-state index contributed by atoms with van der Waals surface area (Å²) in [6, 6.07) is 0.183. The van der Waals surface area contributed by atoms with E-state index in [1.165, 1.54) is 0 Å². The highest BCUT2D eigenvalue weighted by Gasteiger charge is 2.32. The van der Waals surface area contributed by atoms with Gasteiger partial charge in [-0.2, -0.15) is 0 Å². The monoisotopic (exact) mass is 277 g/mol. The van der Waals surface area contributed by atoms with Crippen molar-refractivity contribution in [3.05, 3.63) is 0 Å². The van der Waals surface area contributed by atoms with Crippen molar-refractivity contribution >= 4 is 21.8 Å². The SMILES string of the molecule is CC(C)C(CCO)N1CCCC(Br)C1=O. The number of rotatable bonds is 4. The third kappa shape index (κ3) is 3.18. The van der Waals surface area contributed by atoms with E-state index in [4.69, 9.17) is 5.11 Å². The number of halogens is 1. The molecule has 0 radical (unpaired) electrons. The molecule has 2 atom stereocenters. The molecule has 0 aliphatic carbocycles. The van der Waals surface area contributed by atoms with Crippen LogP contribution in [0.4, 0.5) is 0 Å². The quantitative estimate of drug-likeness (QED) is 0.796. The first-order valence-electron chi connectivity index (χ1n) is 5.63. The predicted octanol–water partition coefficient (Wildman–Crippen LogP) is 1.78. The fourth-order valence-electron chi connectivity index (χ4n) is 2.17. The number of alkyl halides is 1. The van der Waals surface area contributed by atoms with Gasteiger partial charge >= 0.3 is 0 Å². The van der Waals surface area contributed by atoms with E-state index in [1.54, 1.807) is 0 Å². The van der Waals surface area contributed by atoms with Crippen LogP contribution in [0, 0.1) is 5.92 Å². The van der Waals surface area contributed by atoms with Crippen LogP contribution >= 0.6 is 15.9 Å². The van der Waals surface area contributed by atoms with Crippen LogP contribution in [0.5, 0.6) is 0 Å². The highest BCUT2D eigenvalue weighted by Crippen LogP contribution is 2.24. The average molecular weight is 278 g/mol. The van der Waals surface area contributed by atoms with Gasteiger partial charge in [0.1, 0.15) is 0 Å². The molecule has 88 valence electrons. The highest BCUT2D eigenvalue weighted by atomic mass is 79.9. The molecular weight excluding hydrogens is 258 g/mol. The van der Waals surface area contributed by atoms with Crippen molar-refractivity contribution in [1.29, 1.82) is 0 Å². The van der Waals surface area contributed by atoms with Crippen molar-refractivity contribution < 1.29 is 9.90 Å². The summed E-state index contributed by atoms with van der Waals surface area (Å²) in [6.45, 7) is 5.19. The Labute approximate surface area is 100.0 Å². The second kappa shape index (κ2) is 5.85. The van der Waals surface area contributed by atoms with Crippen LogP contribution in [0.3, 0.4) is 0 Å². The maximum absolute atomic E-state index is 11.9. The first kappa shape index (κ1) is 13.0. The molecule has 1 rings (SSSR count). The van der Waals surface area contributed by atoms with Gasteiger partial charge in [0, 0.05) is 19.2 Å². The highest BCUT2D eigenvalue weighted by molar-refractivity contribution is 9.10. The fraction of sp³-hybridized carbons (Fsp3) is 0.909. The molecular formula is C11H20BrNO2. The molecule has 0 bridgehead atoms. The van der Waals surface area contributed by atoms with Crippen molar-refractivity contribution in [1.82, 2.24) is 4.90 Å². The van der Waals surface area contributed by atoms with E-state index in [9.17, 15) is 4.79 Å². The number of aliphatic hydroxyl groups is 1. The van der Waals surface area contributed by atoms with Gasteiger partial charge in [-0.1, -0.05) is 29.8 Å². The number of hydrogen-bond donors (Lipinski definition) is 1. The number of nitrogens with zero attached hydrogens (tertiary/aromatic N) is 1. The minimum atomic E-state index is -0.0220. The lowest BCUT2D eigenvalue weighted by molar-refractivity contribution is -0.136. The van der Waals surface area contributed by atoms with E-state index in [0.29, 0.717) is 12.3 Å². The summed E-state index contributed by atoms with van der Waals surface area (Å²) in [5, 5.41) is 9.02. The molecule has 1 saturated heterocycles. The Hall–Kier alpha value is -0.0900. The van der Waals surface area contributed by atoms with Gasteiger partial charge in [0.05, 0.1) is 4.83 Å². The maximum atomic E-state index is 11.9. The first-order chi connectivity index (χ1) is 7.07. The Kier molecular flexibility index (Phi) is 5.06. The third-order valence-electron chi connectivity index (χ3n) is 3.00. The van der Waals surface area contributed by atoms with Crippen LogP contribution in [-0.4, -0.2) is 39.9 Å². The summed E-state index contributed by atoms with van der Waals surface area (Å²) in [6.07, 6.45) is 2.67. The van der Waals surface area contributed by atoms with E-state index < -0.39 is 0 Å². The van der Waals surface area contributed by atoms with Crippen molar-refractivity contribution in [2.45, 2.75) is 44.0 Å². The number of likely N-dealkylation sites (tertiary alicyclic amines) is 1. The largest absolute Gasteiger partial charge is 0.396 e. The summed E-state index contributed by atoms with van der Waals surface area (Å²) in [5.41, 5.74) is 0. The summed E-state index contributed by atoms with van der Waals surface area (Å²) in [5.74, 6) is 0.590. The molecule has 15 heavy (non-hydrogen) atoms. The van der Waals surface area contributed by atoms with Crippen LogP contribution in [0.2, 0.25) is 0 Å². The minimum Gasteiger partial charge on any atom is -0.396 e. The normalized spacial score (nSPS) is 24.7. The van der Waals surface area contributed by atoms with Crippen LogP contribution in [0.25, 0.3) is 0 Å². The van der Waals surface area contributed by atoms with Crippen molar-refractivity contribution in [2.75, 3.05) is 13.2 Å². The fourth-order valence-corrected chi connectivity index (χ4v) is 2.75. The zero-order valence-electron chi connectivity index (χ0n) is 9.45. The molecule has 1 fully saturated rings. The molecule has 1 aliphatic rings. The molecule has 2 unspecified atom stereocenters. The van der Waals surface area contributed by atoms with Crippen LogP contribution in [-0.2, 0) is 4.79 Å². The lowest BCUT2D eigenvalue weighted by Crippen LogP contribution is -2.50. The van der Waals surface area contributed by atoms with Crippen molar-refractivity contribution in [3.63, 3.8) is 0 Å². The van der Waals surface area contributed by atoms with E-state index in [-0.39, 0.29) is 23.4 Å². The standard InChI is InChI=1S/C11H20BrNO2/c1-8(2)10(5-7-14)13-6-3-4-9(12)11(13)15/h8-10,14H,3-7H2,1-2H3.